The lowest BCUT2D eigenvalue weighted by Crippen LogP contribution is -2.39. The van der Waals surface area contributed by atoms with Gasteiger partial charge in [0, 0.05) is 25.2 Å². The highest BCUT2D eigenvalue weighted by atomic mass is 15.2. The summed E-state index contributed by atoms with van der Waals surface area (Å²) >= 11 is 0. The molecule has 2 rings (SSSR count). The first-order valence-electron chi connectivity index (χ1n) is 7.94. The van der Waals surface area contributed by atoms with Crippen molar-refractivity contribution < 1.29 is 0 Å². The van der Waals surface area contributed by atoms with Gasteiger partial charge < -0.3 is 10.6 Å². The minimum absolute atomic E-state index is 0.477. The highest BCUT2D eigenvalue weighted by Crippen LogP contribution is 2.26. The summed E-state index contributed by atoms with van der Waals surface area (Å²) in [7, 11) is 0. The van der Waals surface area contributed by atoms with Gasteiger partial charge in [0.1, 0.15) is 0 Å². The lowest BCUT2D eigenvalue weighted by Gasteiger charge is -2.31. The average Bonchev–Trinajstić information content (AvgIpc) is 2.79. The largest absolute Gasteiger partial charge is 0.328 e. The molecule has 2 N–H and O–H groups in total. The zero-order valence-electron chi connectivity index (χ0n) is 12.3. The van der Waals surface area contributed by atoms with Crippen LogP contribution < -0.4 is 5.73 Å². The molecule has 0 amide bonds. The van der Waals surface area contributed by atoms with Crippen molar-refractivity contribution in [1.29, 1.82) is 0 Å². The molecule has 2 aliphatic rings. The fraction of sp³-hybridized carbons (Fsp3) is 1.00. The molecule has 0 bridgehead atoms. The number of hydrogen-bond donors (Lipinski definition) is 1. The number of rotatable bonds is 5. The predicted octanol–water partition coefficient (Wildman–Crippen LogP) is 1.92. The molecule has 0 aromatic heterocycles. The Morgan fingerprint density at radius 1 is 1.17 bits per heavy atom. The van der Waals surface area contributed by atoms with E-state index in [1.165, 1.54) is 64.8 Å². The molecule has 106 valence electrons. The van der Waals surface area contributed by atoms with Crippen LogP contribution in [0.3, 0.4) is 0 Å². The summed E-state index contributed by atoms with van der Waals surface area (Å²) in [5, 5.41) is 0. The van der Waals surface area contributed by atoms with Gasteiger partial charge in [-0.1, -0.05) is 20.3 Å². The zero-order valence-corrected chi connectivity index (χ0v) is 12.3. The Kier molecular flexibility index (Phi) is 5.46. The van der Waals surface area contributed by atoms with E-state index in [1.54, 1.807) is 0 Å². The second kappa shape index (κ2) is 6.88. The Hall–Kier alpha value is -0.120. The molecule has 0 radical (unpaired) electrons. The summed E-state index contributed by atoms with van der Waals surface area (Å²) in [4.78, 5) is 5.30. The van der Waals surface area contributed by atoms with Gasteiger partial charge in [0.25, 0.3) is 0 Å². The van der Waals surface area contributed by atoms with E-state index in [-0.39, 0.29) is 0 Å². The maximum Gasteiger partial charge on any atom is 0.0235 e. The second-order valence-electron chi connectivity index (χ2n) is 6.22. The number of likely N-dealkylation sites (N-methyl/N-ethyl adjacent to an activating group) is 1. The normalized spacial score (nSPS) is 34.3. The van der Waals surface area contributed by atoms with Crippen LogP contribution in [0.5, 0.6) is 0 Å². The fourth-order valence-corrected chi connectivity index (χ4v) is 3.88. The summed E-state index contributed by atoms with van der Waals surface area (Å²) in [5.41, 5.74) is 6.09. The van der Waals surface area contributed by atoms with Crippen LogP contribution in [-0.4, -0.2) is 54.6 Å². The van der Waals surface area contributed by atoms with E-state index in [4.69, 9.17) is 5.73 Å². The molecule has 3 unspecified atom stereocenters. The van der Waals surface area contributed by atoms with Crippen LogP contribution in [-0.2, 0) is 0 Å². The summed E-state index contributed by atoms with van der Waals surface area (Å²) in [6, 6.07) is 1.28. The molecule has 2 fully saturated rings. The van der Waals surface area contributed by atoms with Gasteiger partial charge in [-0.3, -0.25) is 4.90 Å². The zero-order chi connectivity index (χ0) is 13.0. The Labute approximate surface area is 113 Å². The van der Waals surface area contributed by atoms with Crippen LogP contribution in [0.1, 0.15) is 46.0 Å². The molecule has 1 aliphatic heterocycles. The Balaban J connectivity index is 1.75. The number of nitrogens with zero attached hydrogens (tertiary/aromatic N) is 2. The van der Waals surface area contributed by atoms with Crippen LogP contribution in [0.2, 0.25) is 0 Å². The third-order valence-corrected chi connectivity index (χ3v) is 4.92. The first kappa shape index (κ1) is 14.3. The molecule has 3 nitrogen and oxygen atoms in total. The van der Waals surface area contributed by atoms with Crippen molar-refractivity contribution in [3.63, 3.8) is 0 Å². The number of nitrogens with two attached hydrogens (primary N) is 1. The van der Waals surface area contributed by atoms with Crippen LogP contribution in [0, 0.1) is 5.92 Å². The van der Waals surface area contributed by atoms with Crippen molar-refractivity contribution in [3.8, 4) is 0 Å². The third kappa shape index (κ3) is 3.69. The predicted molar refractivity (Wildman–Crippen MR) is 77.7 cm³/mol. The average molecular weight is 253 g/mol. The van der Waals surface area contributed by atoms with E-state index in [0.29, 0.717) is 6.04 Å². The van der Waals surface area contributed by atoms with Crippen LogP contribution in [0.15, 0.2) is 0 Å². The minimum Gasteiger partial charge on any atom is -0.328 e. The molecular weight excluding hydrogens is 222 g/mol. The molecule has 1 heterocycles. The summed E-state index contributed by atoms with van der Waals surface area (Å²) in [6.07, 6.45) is 6.62. The van der Waals surface area contributed by atoms with Crippen LogP contribution >= 0.6 is 0 Å². The molecule has 18 heavy (non-hydrogen) atoms. The lowest BCUT2D eigenvalue weighted by molar-refractivity contribution is 0.186. The Morgan fingerprint density at radius 2 is 1.94 bits per heavy atom. The molecule has 0 aromatic carbocycles. The minimum atomic E-state index is 0.477. The standard InChI is InChI=1S/C15H31N3/c1-3-18(4-2)15-8-9-17(12-15)11-13-6-5-7-14(16)10-13/h13-15H,3-12,16H2,1-2H3. The SMILES string of the molecule is CCN(CC)C1CCN(CC2CCCC(N)C2)C1. The van der Waals surface area contributed by atoms with E-state index in [0.717, 1.165) is 12.0 Å². The van der Waals surface area contributed by atoms with Crippen molar-refractivity contribution in [2.75, 3.05) is 32.7 Å². The maximum atomic E-state index is 6.09. The van der Waals surface area contributed by atoms with E-state index in [2.05, 4.69) is 23.6 Å². The Bertz CT molecular complexity index is 240. The van der Waals surface area contributed by atoms with Gasteiger partial charge in [-0.15, -0.1) is 0 Å². The number of hydrogen-bond acceptors (Lipinski definition) is 3. The Morgan fingerprint density at radius 3 is 2.61 bits per heavy atom. The molecule has 0 spiro atoms. The highest BCUT2D eigenvalue weighted by molar-refractivity contribution is 4.85. The highest BCUT2D eigenvalue weighted by Gasteiger charge is 2.28. The van der Waals surface area contributed by atoms with Gasteiger partial charge in [-0.2, -0.15) is 0 Å². The van der Waals surface area contributed by atoms with Crippen molar-refractivity contribution in [1.82, 2.24) is 9.80 Å². The molecule has 3 atom stereocenters. The molecular formula is C15H31N3. The van der Waals surface area contributed by atoms with E-state index in [1.807, 2.05) is 0 Å². The topological polar surface area (TPSA) is 32.5 Å². The van der Waals surface area contributed by atoms with Crippen molar-refractivity contribution in [3.05, 3.63) is 0 Å². The molecule has 3 heteroatoms. The smallest absolute Gasteiger partial charge is 0.0235 e. The van der Waals surface area contributed by atoms with Gasteiger partial charge in [-0.05, 0) is 51.2 Å². The van der Waals surface area contributed by atoms with Crippen molar-refractivity contribution >= 4 is 0 Å². The van der Waals surface area contributed by atoms with Gasteiger partial charge in [0.2, 0.25) is 0 Å². The van der Waals surface area contributed by atoms with Gasteiger partial charge in [-0.25, -0.2) is 0 Å². The molecule has 1 saturated heterocycles. The van der Waals surface area contributed by atoms with E-state index in [9.17, 15) is 0 Å². The van der Waals surface area contributed by atoms with Crippen LogP contribution in [0.25, 0.3) is 0 Å². The quantitative estimate of drug-likeness (QED) is 0.812. The number of likely N-dealkylation sites (tertiary alicyclic amines) is 1. The van der Waals surface area contributed by atoms with E-state index >= 15 is 0 Å². The first-order chi connectivity index (χ1) is 8.72. The monoisotopic (exact) mass is 253 g/mol. The molecule has 0 aromatic rings. The molecule has 1 saturated carbocycles. The van der Waals surface area contributed by atoms with E-state index < -0.39 is 0 Å². The van der Waals surface area contributed by atoms with Crippen molar-refractivity contribution in [2.24, 2.45) is 11.7 Å². The van der Waals surface area contributed by atoms with Gasteiger partial charge in [0.15, 0.2) is 0 Å². The van der Waals surface area contributed by atoms with Gasteiger partial charge in [0.05, 0.1) is 0 Å². The van der Waals surface area contributed by atoms with Crippen molar-refractivity contribution in [2.45, 2.75) is 58.0 Å². The van der Waals surface area contributed by atoms with Gasteiger partial charge >= 0.3 is 0 Å². The summed E-state index contributed by atoms with van der Waals surface area (Å²) < 4.78 is 0. The van der Waals surface area contributed by atoms with Crippen LogP contribution in [0.4, 0.5) is 0 Å². The fourth-order valence-electron chi connectivity index (χ4n) is 3.88. The lowest BCUT2D eigenvalue weighted by atomic mass is 9.86. The molecule has 1 aliphatic carbocycles. The third-order valence-electron chi connectivity index (χ3n) is 4.92. The summed E-state index contributed by atoms with van der Waals surface area (Å²) in [6.45, 7) is 10.8. The first-order valence-corrected chi connectivity index (χ1v) is 7.94. The summed E-state index contributed by atoms with van der Waals surface area (Å²) in [5.74, 6) is 0.865. The second-order valence-corrected chi connectivity index (χ2v) is 6.22. The maximum absolute atomic E-state index is 6.09.